The van der Waals surface area contributed by atoms with E-state index in [-0.39, 0.29) is 11.5 Å². The van der Waals surface area contributed by atoms with Gasteiger partial charge < -0.3 is 15.0 Å². The number of rotatable bonds is 4. The minimum atomic E-state index is -0.0893. The Morgan fingerprint density at radius 2 is 2.31 bits per heavy atom. The lowest BCUT2D eigenvalue weighted by molar-refractivity contribution is -0.145. The standard InChI is InChI=1S/C12H24N2O2/c1-5-16-11(15)9-12(13-3)6-7-14(4)10(2)8-12/h10,13H,5-9H2,1-4H3. The fourth-order valence-electron chi connectivity index (χ4n) is 2.40. The van der Waals surface area contributed by atoms with E-state index in [2.05, 4.69) is 24.2 Å². The van der Waals surface area contributed by atoms with Crippen LogP contribution in [0, 0.1) is 0 Å². The molecule has 1 aliphatic rings. The number of carbonyl (C=O) groups is 1. The van der Waals surface area contributed by atoms with Gasteiger partial charge in [-0.2, -0.15) is 0 Å². The Kier molecular flexibility index (Phi) is 4.74. The molecule has 0 radical (unpaired) electrons. The highest BCUT2D eigenvalue weighted by Crippen LogP contribution is 2.29. The van der Waals surface area contributed by atoms with Gasteiger partial charge in [-0.3, -0.25) is 4.79 Å². The summed E-state index contributed by atoms with van der Waals surface area (Å²) in [5, 5.41) is 3.33. The second-order valence-electron chi connectivity index (χ2n) is 4.80. The van der Waals surface area contributed by atoms with Gasteiger partial charge in [-0.1, -0.05) is 0 Å². The van der Waals surface area contributed by atoms with Gasteiger partial charge in [-0.25, -0.2) is 0 Å². The van der Waals surface area contributed by atoms with Crippen molar-refractivity contribution in [1.82, 2.24) is 10.2 Å². The third-order valence-corrected chi connectivity index (χ3v) is 3.70. The van der Waals surface area contributed by atoms with Crippen molar-refractivity contribution in [1.29, 1.82) is 0 Å². The van der Waals surface area contributed by atoms with Gasteiger partial charge in [-0.05, 0) is 47.3 Å². The summed E-state index contributed by atoms with van der Waals surface area (Å²) in [5.74, 6) is -0.0893. The third-order valence-electron chi connectivity index (χ3n) is 3.70. The van der Waals surface area contributed by atoms with Crippen LogP contribution in [-0.4, -0.2) is 49.7 Å². The van der Waals surface area contributed by atoms with Crippen LogP contribution in [0.1, 0.15) is 33.1 Å². The van der Waals surface area contributed by atoms with E-state index in [4.69, 9.17) is 4.74 Å². The summed E-state index contributed by atoms with van der Waals surface area (Å²) in [6.45, 7) is 5.55. The number of hydrogen-bond acceptors (Lipinski definition) is 4. The number of piperidine rings is 1. The summed E-state index contributed by atoms with van der Waals surface area (Å²) in [6.07, 6.45) is 2.48. The van der Waals surface area contributed by atoms with Gasteiger partial charge >= 0.3 is 5.97 Å². The van der Waals surface area contributed by atoms with Crippen LogP contribution in [0.2, 0.25) is 0 Å². The molecule has 0 spiro atoms. The first-order valence-electron chi connectivity index (χ1n) is 6.08. The zero-order valence-electron chi connectivity index (χ0n) is 10.9. The molecule has 0 bridgehead atoms. The SMILES string of the molecule is CCOC(=O)CC1(NC)CCN(C)C(C)C1. The number of carbonyl (C=O) groups excluding carboxylic acids is 1. The molecule has 0 aromatic rings. The Bertz CT molecular complexity index is 245. The van der Waals surface area contributed by atoms with Crippen molar-refractivity contribution >= 4 is 5.97 Å². The van der Waals surface area contributed by atoms with E-state index < -0.39 is 0 Å². The first-order chi connectivity index (χ1) is 7.53. The molecule has 4 nitrogen and oxygen atoms in total. The van der Waals surface area contributed by atoms with Crippen molar-refractivity contribution in [3.8, 4) is 0 Å². The number of ether oxygens (including phenoxy) is 1. The molecule has 0 aliphatic carbocycles. The fraction of sp³-hybridized carbons (Fsp3) is 0.917. The summed E-state index contributed by atoms with van der Waals surface area (Å²) in [4.78, 5) is 13.9. The number of nitrogens with one attached hydrogen (secondary N) is 1. The maximum atomic E-state index is 11.6. The quantitative estimate of drug-likeness (QED) is 0.729. The Morgan fingerprint density at radius 1 is 1.62 bits per heavy atom. The Morgan fingerprint density at radius 3 is 2.81 bits per heavy atom. The molecule has 0 saturated carbocycles. The molecule has 1 saturated heterocycles. The Hall–Kier alpha value is -0.610. The predicted molar refractivity (Wildman–Crippen MR) is 64.4 cm³/mol. The molecular weight excluding hydrogens is 204 g/mol. The molecule has 94 valence electrons. The monoisotopic (exact) mass is 228 g/mol. The molecule has 1 heterocycles. The summed E-state index contributed by atoms with van der Waals surface area (Å²) in [5.41, 5.74) is -0.0713. The smallest absolute Gasteiger partial charge is 0.307 e. The van der Waals surface area contributed by atoms with Gasteiger partial charge in [0.2, 0.25) is 0 Å². The summed E-state index contributed by atoms with van der Waals surface area (Å²) in [7, 11) is 4.08. The zero-order chi connectivity index (χ0) is 12.2. The minimum Gasteiger partial charge on any atom is -0.466 e. The highest BCUT2D eigenvalue weighted by atomic mass is 16.5. The first-order valence-corrected chi connectivity index (χ1v) is 6.08. The van der Waals surface area contributed by atoms with Gasteiger partial charge in [0.05, 0.1) is 13.0 Å². The van der Waals surface area contributed by atoms with Crippen LogP contribution in [0.25, 0.3) is 0 Å². The van der Waals surface area contributed by atoms with Gasteiger partial charge in [0, 0.05) is 11.6 Å². The average molecular weight is 228 g/mol. The highest BCUT2D eigenvalue weighted by molar-refractivity contribution is 5.71. The number of hydrogen-bond donors (Lipinski definition) is 1. The first kappa shape index (κ1) is 13.5. The summed E-state index contributed by atoms with van der Waals surface area (Å²) >= 11 is 0. The van der Waals surface area contributed by atoms with Gasteiger partial charge in [-0.15, -0.1) is 0 Å². The molecule has 4 heteroatoms. The minimum absolute atomic E-state index is 0.0713. The predicted octanol–water partition coefficient (Wildman–Crippen LogP) is 1.01. The molecular formula is C12H24N2O2. The topological polar surface area (TPSA) is 41.6 Å². The number of esters is 1. The van der Waals surface area contributed by atoms with Crippen LogP contribution in [0.15, 0.2) is 0 Å². The van der Waals surface area contributed by atoms with E-state index in [0.717, 1.165) is 19.4 Å². The lowest BCUT2D eigenvalue weighted by atomic mass is 9.81. The second kappa shape index (κ2) is 5.64. The average Bonchev–Trinajstić information content (AvgIpc) is 2.24. The van der Waals surface area contributed by atoms with E-state index >= 15 is 0 Å². The van der Waals surface area contributed by atoms with Crippen LogP contribution in [-0.2, 0) is 9.53 Å². The third kappa shape index (κ3) is 3.19. The van der Waals surface area contributed by atoms with Crippen molar-refractivity contribution in [3.05, 3.63) is 0 Å². The second-order valence-corrected chi connectivity index (χ2v) is 4.80. The van der Waals surface area contributed by atoms with Gasteiger partial charge in [0.15, 0.2) is 0 Å². The van der Waals surface area contributed by atoms with Crippen LogP contribution in [0.3, 0.4) is 0 Å². The molecule has 1 fully saturated rings. The molecule has 1 rings (SSSR count). The lowest BCUT2D eigenvalue weighted by Gasteiger charge is -2.43. The highest BCUT2D eigenvalue weighted by Gasteiger charge is 2.37. The van der Waals surface area contributed by atoms with Gasteiger partial charge in [0.1, 0.15) is 0 Å². The lowest BCUT2D eigenvalue weighted by Crippen LogP contribution is -2.55. The zero-order valence-corrected chi connectivity index (χ0v) is 10.9. The molecule has 0 aromatic heterocycles. The fourth-order valence-corrected chi connectivity index (χ4v) is 2.40. The molecule has 0 aromatic carbocycles. The van der Waals surface area contributed by atoms with Crippen molar-refractivity contribution in [2.75, 3.05) is 27.2 Å². The van der Waals surface area contributed by atoms with Crippen molar-refractivity contribution in [2.24, 2.45) is 0 Å². The van der Waals surface area contributed by atoms with Crippen LogP contribution >= 0.6 is 0 Å². The number of likely N-dealkylation sites (tertiary alicyclic amines) is 1. The molecule has 1 aliphatic heterocycles. The van der Waals surface area contributed by atoms with Crippen LogP contribution in [0.4, 0.5) is 0 Å². The Labute approximate surface area is 98.3 Å². The van der Waals surface area contributed by atoms with E-state index in [1.54, 1.807) is 0 Å². The molecule has 2 atom stereocenters. The van der Waals surface area contributed by atoms with Crippen molar-refractivity contribution in [2.45, 2.75) is 44.7 Å². The van der Waals surface area contributed by atoms with E-state index in [9.17, 15) is 4.79 Å². The molecule has 0 amide bonds. The van der Waals surface area contributed by atoms with E-state index in [1.165, 1.54) is 0 Å². The largest absolute Gasteiger partial charge is 0.466 e. The normalized spacial score (nSPS) is 31.4. The summed E-state index contributed by atoms with van der Waals surface area (Å²) in [6, 6.07) is 0.510. The van der Waals surface area contributed by atoms with Crippen LogP contribution < -0.4 is 5.32 Å². The van der Waals surface area contributed by atoms with Crippen LogP contribution in [0.5, 0.6) is 0 Å². The van der Waals surface area contributed by atoms with E-state index in [0.29, 0.717) is 19.1 Å². The molecule has 16 heavy (non-hydrogen) atoms. The van der Waals surface area contributed by atoms with Crippen molar-refractivity contribution < 1.29 is 9.53 Å². The van der Waals surface area contributed by atoms with Gasteiger partial charge in [0.25, 0.3) is 0 Å². The maximum Gasteiger partial charge on any atom is 0.307 e. The molecule has 1 N–H and O–H groups in total. The maximum absolute atomic E-state index is 11.6. The number of nitrogens with zero attached hydrogens (tertiary/aromatic N) is 1. The van der Waals surface area contributed by atoms with Crippen molar-refractivity contribution in [3.63, 3.8) is 0 Å². The van der Waals surface area contributed by atoms with E-state index in [1.807, 2.05) is 14.0 Å². The molecule has 2 unspecified atom stereocenters. The Balaban J connectivity index is 2.60. The summed E-state index contributed by atoms with van der Waals surface area (Å²) < 4.78 is 5.04.